The molecule has 1 fully saturated rings. The van der Waals surface area contributed by atoms with Crippen LogP contribution in [-0.4, -0.2) is 88.4 Å². The normalized spacial score (nSPS) is 14.7. The zero-order valence-corrected chi connectivity index (χ0v) is 30.4. The Bertz CT molecular complexity index is 2120. The standard InChI is InChI=1S/C39H41ClN6O6/c1-25-29(6-5-7-31(25)28-8-9-34-33(16-28)43-38(52-34)46-12-10-44(3)11-13-46)23-51-36-17-35(50-22-27-14-26(18-41)19-42-20-27)30(15-32(36)40)21-45(4)39(2,24-47)37(48)49/h5-9,14-17,19-20,47H,10-13,21-24H2,1-4H3,(H,48,49). The Kier molecular flexibility index (Phi) is 11.0. The minimum absolute atomic E-state index is 0.0877. The fourth-order valence-electron chi connectivity index (χ4n) is 6.04. The summed E-state index contributed by atoms with van der Waals surface area (Å²) >= 11 is 6.77. The molecule has 0 aliphatic carbocycles. The number of benzene rings is 3. The predicted molar refractivity (Wildman–Crippen MR) is 198 cm³/mol. The van der Waals surface area contributed by atoms with Crippen LogP contribution in [0.4, 0.5) is 6.01 Å². The van der Waals surface area contributed by atoms with Gasteiger partial charge in [-0.05, 0) is 74.5 Å². The molecule has 52 heavy (non-hydrogen) atoms. The van der Waals surface area contributed by atoms with Crippen molar-refractivity contribution in [2.45, 2.75) is 39.1 Å². The molecule has 2 aromatic heterocycles. The second kappa shape index (κ2) is 15.6. The highest BCUT2D eigenvalue weighted by Gasteiger charge is 2.37. The van der Waals surface area contributed by atoms with E-state index >= 15 is 0 Å². The van der Waals surface area contributed by atoms with E-state index in [0.29, 0.717) is 39.2 Å². The average Bonchev–Trinajstić information content (AvgIpc) is 3.58. The SMILES string of the molecule is Cc1c(COc2cc(OCc3cncc(C#N)c3)c(CN(C)C(C)(CO)C(=O)O)cc2Cl)cccc1-c1ccc2oc(N3CCN(C)CC3)nc2c1. The van der Waals surface area contributed by atoms with Crippen molar-refractivity contribution in [2.24, 2.45) is 0 Å². The number of halogens is 1. The van der Waals surface area contributed by atoms with Gasteiger partial charge in [0.15, 0.2) is 5.58 Å². The van der Waals surface area contributed by atoms with Crippen molar-refractivity contribution >= 4 is 34.7 Å². The molecule has 6 rings (SSSR count). The van der Waals surface area contributed by atoms with Crippen LogP contribution in [0.15, 0.2) is 71.4 Å². The number of anilines is 1. The van der Waals surface area contributed by atoms with E-state index in [2.05, 4.69) is 47.0 Å². The number of carboxylic acids is 1. The molecule has 12 nitrogen and oxygen atoms in total. The Balaban J connectivity index is 1.24. The van der Waals surface area contributed by atoms with Crippen LogP contribution < -0.4 is 14.4 Å². The average molecular weight is 725 g/mol. The summed E-state index contributed by atoms with van der Waals surface area (Å²) in [6.45, 7) is 6.97. The fourth-order valence-corrected chi connectivity index (χ4v) is 6.28. The number of pyridine rings is 1. The number of ether oxygens (including phenoxy) is 2. The minimum Gasteiger partial charge on any atom is -0.488 e. The molecule has 270 valence electrons. The Morgan fingerprint density at radius 1 is 1.06 bits per heavy atom. The van der Waals surface area contributed by atoms with Gasteiger partial charge in [-0.2, -0.15) is 10.2 Å². The van der Waals surface area contributed by atoms with Gasteiger partial charge in [0.1, 0.15) is 41.8 Å². The van der Waals surface area contributed by atoms with E-state index in [-0.39, 0.29) is 19.8 Å². The van der Waals surface area contributed by atoms with Crippen molar-refractivity contribution in [3.63, 3.8) is 0 Å². The van der Waals surface area contributed by atoms with Gasteiger partial charge in [-0.3, -0.25) is 14.7 Å². The van der Waals surface area contributed by atoms with Gasteiger partial charge in [-0.15, -0.1) is 0 Å². The number of aliphatic carboxylic acids is 1. The molecule has 1 aliphatic rings. The first-order chi connectivity index (χ1) is 25.0. The number of nitrogens with zero attached hydrogens (tertiary/aromatic N) is 6. The van der Waals surface area contributed by atoms with Gasteiger partial charge in [0.05, 0.1) is 17.2 Å². The first kappa shape index (κ1) is 36.6. The van der Waals surface area contributed by atoms with Gasteiger partial charge in [0.25, 0.3) is 6.01 Å². The lowest BCUT2D eigenvalue weighted by Gasteiger charge is -2.33. The minimum atomic E-state index is -1.54. The summed E-state index contributed by atoms with van der Waals surface area (Å²) < 4.78 is 18.6. The van der Waals surface area contributed by atoms with Gasteiger partial charge >= 0.3 is 5.97 Å². The van der Waals surface area contributed by atoms with Crippen LogP contribution in [-0.2, 0) is 24.6 Å². The summed E-state index contributed by atoms with van der Waals surface area (Å²) in [6, 6.07) is 19.9. The Hall–Kier alpha value is -5.19. The molecule has 5 aromatic rings. The molecule has 1 atom stereocenters. The van der Waals surface area contributed by atoms with Crippen molar-refractivity contribution < 1.29 is 28.9 Å². The molecular weight excluding hydrogens is 684 g/mol. The number of aliphatic hydroxyl groups is 1. The third-order valence-electron chi connectivity index (χ3n) is 9.74. The van der Waals surface area contributed by atoms with Crippen LogP contribution in [0.1, 0.15) is 34.7 Å². The van der Waals surface area contributed by atoms with E-state index < -0.39 is 18.1 Å². The van der Waals surface area contributed by atoms with Crippen molar-refractivity contribution in [3.05, 3.63) is 99.8 Å². The predicted octanol–water partition coefficient (Wildman–Crippen LogP) is 5.90. The second-order valence-electron chi connectivity index (χ2n) is 13.3. The number of hydrogen-bond acceptors (Lipinski definition) is 11. The molecule has 0 spiro atoms. The number of rotatable bonds is 13. The summed E-state index contributed by atoms with van der Waals surface area (Å²) in [4.78, 5) is 26.9. The summed E-state index contributed by atoms with van der Waals surface area (Å²) in [7, 11) is 3.72. The van der Waals surface area contributed by atoms with Crippen LogP contribution in [0.25, 0.3) is 22.2 Å². The molecule has 1 aliphatic heterocycles. The quantitative estimate of drug-likeness (QED) is 0.149. The molecule has 3 heterocycles. The van der Waals surface area contributed by atoms with E-state index in [1.807, 2.05) is 24.3 Å². The number of hydrogen-bond donors (Lipinski definition) is 2. The number of aliphatic hydroxyl groups excluding tert-OH is 1. The van der Waals surface area contributed by atoms with Crippen molar-refractivity contribution in [2.75, 3.05) is 51.8 Å². The van der Waals surface area contributed by atoms with Gasteiger partial charge in [0.2, 0.25) is 0 Å². The number of carbonyl (C=O) groups is 1. The lowest BCUT2D eigenvalue weighted by molar-refractivity contribution is -0.152. The van der Waals surface area contributed by atoms with Crippen molar-refractivity contribution in [3.8, 4) is 28.7 Å². The highest BCUT2D eigenvalue weighted by Crippen LogP contribution is 2.36. The molecule has 0 saturated carbocycles. The zero-order valence-electron chi connectivity index (χ0n) is 29.6. The Morgan fingerprint density at radius 2 is 1.83 bits per heavy atom. The van der Waals surface area contributed by atoms with Crippen molar-refractivity contribution in [1.82, 2.24) is 19.8 Å². The van der Waals surface area contributed by atoms with E-state index in [1.54, 1.807) is 31.4 Å². The fraction of sp³-hybridized carbons (Fsp3) is 0.333. The lowest BCUT2D eigenvalue weighted by atomic mass is 9.96. The molecule has 0 bridgehead atoms. The second-order valence-corrected chi connectivity index (χ2v) is 13.7. The van der Waals surface area contributed by atoms with Gasteiger partial charge in [0, 0.05) is 62.3 Å². The van der Waals surface area contributed by atoms with Crippen LogP contribution in [0.3, 0.4) is 0 Å². The van der Waals surface area contributed by atoms with Crippen LogP contribution in [0.2, 0.25) is 5.02 Å². The van der Waals surface area contributed by atoms with E-state index in [1.165, 1.54) is 18.0 Å². The lowest BCUT2D eigenvalue weighted by Crippen LogP contribution is -2.52. The Morgan fingerprint density at radius 3 is 2.56 bits per heavy atom. The maximum atomic E-state index is 12.0. The summed E-state index contributed by atoms with van der Waals surface area (Å²) in [5.41, 5.74) is 5.71. The third-order valence-corrected chi connectivity index (χ3v) is 10.0. The maximum Gasteiger partial charge on any atom is 0.326 e. The number of aromatic nitrogens is 2. The molecule has 13 heteroatoms. The molecule has 1 unspecified atom stereocenters. The van der Waals surface area contributed by atoms with E-state index in [4.69, 9.17) is 30.5 Å². The number of nitriles is 1. The molecular formula is C39H41ClN6O6. The van der Waals surface area contributed by atoms with E-state index in [9.17, 15) is 20.3 Å². The first-order valence-corrected chi connectivity index (χ1v) is 17.3. The highest BCUT2D eigenvalue weighted by atomic mass is 35.5. The van der Waals surface area contributed by atoms with Crippen molar-refractivity contribution in [1.29, 1.82) is 5.26 Å². The van der Waals surface area contributed by atoms with Crippen LogP contribution in [0, 0.1) is 18.3 Å². The van der Waals surface area contributed by atoms with Gasteiger partial charge in [-0.1, -0.05) is 35.9 Å². The highest BCUT2D eigenvalue weighted by molar-refractivity contribution is 6.32. The van der Waals surface area contributed by atoms with E-state index in [0.717, 1.165) is 59.5 Å². The topological polar surface area (TPSA) is 148 Å². The third kappa shape index (κ3) is 7.83. The van der Waals surface area contributed by atoms with Gasteiger partial charge in [-0.25, -0.2) is 0 Å². The van der Waals surface area contributed by atoms with Crippen LogP contribution >= 0.6 is 11.6 Å². The largest absolute Gasteiger partial charge is 0.488 e. The Labute approximate surface area is 307 Å². The summed E-state index contributed by atoms with van der Waals surface area (Å²) in [6.07, 6.45) is 3.07. The molecule has 1 saturated heterocycles. The molecule has 2 N–H and O–H groups in total. The number of oxazole rings is 1. The number of fused-ring (bicyclic) bond motifs is 1. The summed E-state index contributed by atoms with van der Waals surface area (Å²) in [5, 5.41) is 29.4. The first-order valence-electron chi connectivity index (χ1n) is 16.9. The zero-order chi connectivity index (χ0) is 37.0. The molecule has 0 radical (unpaired) electrons. The number of piperazine rings is 1. The van der Waals surface area contributed by atoms with Gasteiger partial charge < -0.3 is 33.9 Å². The monoisotopic (exact) mass is 724 g/mol. The summed E-state index contributed by atoms with van der Waals surface area (Å²) in [5.74, 6) is -0.388. The molecule has 3 aromatic carbocycles. The molecule has 0 amide bonds. The smallest absolute Gasteiger partial charge is 0.326 e. The number of carboxylic acid groups (broad SMARTS) is 1. The number of likely N-dealkylation sites (N-methyl/N-ethyl adjacent to an activating group) is 2. The maximum absolute atomic E-state index is 12.0. The van der Waals surface area contributed by atoms with Crippen LogP contribution in [0.5, 0.6) is 11.5 Å².